The molecule has 1 amide bonds. The number of nitrogens with zero attached hydrogens (tertiary/aromatic N) is 4. The molecule has 4 rings (SSSR count). The fraction of sp³-hybridized carbons (Fsp3) is 0.318. The smallest absolute Gasteiger partial charge is 0.255 e. The van der Waals surface area contributed by atoms with Crippen LogP contribution in [0, 0.1) is 19.7 Å². The third kappa shape index (κ3) is 3.63. The molecule has 0 N–H and O–H groups in total. The summed E-state index contributed by atoms with van der Waals surface area (Å²) in [6.07, 6.45) is 1.75. The number of Topliss-reactive ketones (excluding diaryl/α,β-unsaturated/α-hetero) is 1. The Morgan fingerprint density at radius 3 is 2.43 bits per heavy atom. The third-order valence-corrected chi connectivity index (χ3v) is 6.29. The van der Waals surface area contributed by atoms with Gasteiger partial charge in [0.2, 0.25) is 0 Å². The van der Waals surface area contributed by atoms with Crippen LogP contribution >= 0.6 is 11.3 Å². The molecule has 0 atom stereocenters. The molecule has 3 heterocycles. The highest BCUT2D eigenvalue weighted by Gasteiger charge is 2.27. The average Bonchev–Trinajstić information content (AvgIpc) is 3.35. The summed E-state index contributed by atoms with van der Waals surface area (Å²) >= 11 is 1.53. The van der Waals surface area contributed by atoms with Crippen LogP contribution in [0.4, 0.5) is 10.1 Å². The van der Waals surface area contributed by atoms with Gasteiger partial charge in [-0.25, -0.2) is 9.37 Å². The van der Waals surface area contributed by atoms with Gasteiger partial charge in [0.15, 0.2) is 10.9 Å². The van der Waals surface area contributed by atoms with Gasteiger partial charge >= 0.3 is 0 Å². The number of hydrogen-bond acceptors (Lipinski definition) is 5. The molecule has 1 fully saturated rings. The van der Waals surface area contributed by atoms with Crippen molar-refractivity contribution in [3.63, 3.8) is 0 Å². The molecule has 1 aromatic carbocycles. The zero-order valence-corrected chi connectivity index (χ0v) is 18.0. The van der Waals surface area contributed by atoms with Crippen LogP contribution in [0.5, 0.6) is 0 Å². The van der Waals surface area contributed by atoms with Gasteiger partial charge in [-0.15, -0.1) is 11.3 Å². The molecule has 156 valence electrons. The Kier molecular flexibility index (Phi) is 5.42. The molecule has 0 aliphatic carbocycles. The molecule has 0 radical (unpaired) electrons. The van der Waals surface area contributed by atoms with Crippen LogP contribution in [0.25, 0.3) is 5.13 Å². The first-order chi connectivity index (χ1) is 14.4. The predicted octanol–water partition coefficient (Wildman–Crippen LogP) is 3.85. The Hall–Kier alpha value is -3.00. The number of benzene rings is 1. The lowest BCUT2D eigenvalue weighted by molar-refractivity contribution is 0.0745. The zero-order valence-electron chi connectivity index (χ0n) is 17.2. The van der Waals surface area contributed by atoms with Gasteiger partial charge in [0.25, 0.3) is 5.91 Å². The van der Waals surface area contributed by atoms with Crippen molar-refractivity contribution in [2.45, 2.75) is 20.8 Å². The minimum atomic E-state index is -0.408. The summed E-state index contributed by atoms with van der Waals surface area (Å²) < 4.78 is 16.5. The second-order valence-corrected chi connectivity index (χ2v) is 8.31. The molecule has 30 heavy (non-hydrogen) atoms. The van der Waals surface area contributed by atoms with Crippen LogP contribution < -0.4 is 4.90 Å². The van der Waals surface area contributed by atoms with Gasteiger partial charge in [0.05, 0.1) is 11.3 Å². The number of aryl methyl sites for hydroxylation is 1. The molecule has 0 spiro atoms. The van der Waals surface area contributed by atoms with Gasteiger partial charge in [0.1, 0.15) is 5.82 Å². The number of anilines is 1. The van der Waals surface area contributed by atoms with Gasteiger partial charge in [-0.05, 0) is 45.0 Å². The van der Waals surface area contributed by atoms with E-state index in [1.807, 2.05) is 39.7 Å². The number of halogens is 1. The molecule has 6 nitrogen and oxygen atoms in total. The summed E-state index contributed by atoms with van der Waals surface area (Å²) in [5, 5.41) is 2.76. The van der Waals surface area contributed by atoms with Crippen molar-refractivity contribution in [3.05, 3.63) is 64.2 Å². The molecule has 2 aromatic heterocycles. The van der Waals surface area contributed by atoms with Crippen LogP contribution in [0.2, 0.25) is 0 Å². The van der Waals surface area contributed by atoms with E-state index in [9.17, 15) is 14.0 Å². The summed E-state index contributed by atoms with van der Waals surface area (Å²) in [7, 11) is 0. The van der Waals surface area contributed by atoms with Gasteiger partial charge in [-0.1, -0.05) is 0 Å². The second-order valence-electron chi connectivity index (χ2n) is 7.44. The second kappa shape index (κ2) is 8.02. The molecule has 1 aliphatic rings. The summed E-state index contributed by atoms with van der Waals surface area (Å²) in [5.74, 6) is -0.585. The molecule has 0 unspecified atom stereocenters. The van der Waals surface area contributed by atoms with Crippen LogP contribution in [-0.4, -0.2) is 52.3 Å². The quantitative estimate of drug-likeness (QED) is 0.595. The molecule has 0 saturated carbocycles. The Morgan fingerprint density at radius 1 is 1.10 bits per heavy atom. The lowest BCUT2D eigenvalue weighted by atomic mass is 10.1. The van der Waals surface area contributed by atoms with Crippen molar-refractivity contribution >= 4 is 28.7 Å². The molecular formula is C22H23FN4O2S. The molecular weight excluding hydrogens is 403 g/mol. The topological polar surface area (TPSA) is 58.4 Å². The van der Waals surface area contributed by atoms with Crippen LogP contribution in [0.3, 0.4) is 0 Å². The first kappa shape index (κ1) is 20.3. The molecule has 1 aliphatic heterocycles. The van der Waals surface area contributed by atoms with Gasteiger partial charge < -0.3 is 9.80 Å². The van der Waals surface area contributed by atoms with Crippen LogP contribution in [-0.2, 0) is 0 Å². The predicted molar refractivity (Wildman–Crippen MR) is 115 cm³/mol. The molecule has 8 heteroatoms. The number of rotatable bonds is 4. The van der Waals surface area contributed by atoms with E-state index in [1.54, 1.807) is 18.3 Å². The van der Waals surface area contributed by atoms with E-state index in [1.165, 1.54) is 24.3 Å². The first-order valence-electron chi connectivity index (χ1n) is 9.80. The highest BCUT2D eigenvalue weighted by molar-refractivity contribution is 7.12. The maximum atomic E-state index is 14.5. The SMILES string of the molecule is CC(=O)c1ccc(N2CCN(C(=O)c3cc(C)n(-c4nccs4)c3C)CC2)c(F)c1. The van der Waals surface area contributed by atoms with E-state index in [4.69, 9.17) is 0 Å². The van der Waals surface area contributed by atoms with E-state index in [-0.39, 0.29) is 11.7 Å². The summed E-state index contributed by atoms with van der Waals surface area (Å²) in [4.78, 5) is 32.7. The van der Waals surface area contributed by atoms with Crippen molar-refractivity contribution in [1.82, 2.24) is 14.5 Å². The Balaban J connectivity index is 1.48. The number of carbonyl (C=O) groups excluding carboxylic acids is 2. The average molecular weight is 427 g/mol. The van der Waals surface area contributed by atoms with Crippen molar-refractivity contribution in [1.29, 1.82) is 0 Å². The minimum absolute atomic E-state index is 0.0158. The van der Waals surface area contributed by atoms with E-state index in [0.717, 1.165) is 16.5 Å². The summed E-state index contributed by atoms with van der Waals surface area (Å²) in [6.45, 7) is 7.41. The number of carbonyl (C=O) groups is 2. The lowest BCUT2D eigenvalue weighted by Crippen LogP contribution is -2.49. The highest BCUT2D eigenvalue weighted by Crippen LogP contribution is 2.25. The van der Waals surface area contributed by atoms with Crippen LogP contribution in [0.15, 0.2) is 35.8 Å². The fourth-order valence-electron chi connectivity index (χ4n) is 3.90. The maximum Gasteiger partial charge on any atom is 0.255 e. The largest absolute Gasteiger partial charge is 0.366 e. The van der Waals surface area contributed by atoms with Crippen molar-refractivity contribution in [3.8, 4) is 5.13 Å². The Labute approximate surface area is 178 Å². The minimum Gasteiger partial charge on any atom is -0.366 e. The van der Waals surface area contributed by atoms with Gasteiger partial charge in [-0.3, -0.25) is 14.2 Å². The summed E-state index contributed by atoms with van der Waals surface area (Å²) in [5.41, 5.74) is 3.35. The highest BCUT2D eigenvalue weighted by atomic mass is 32.1. The van der Waals surface area contributed by atoms with E-state index >= 15 is 0 Å². The number of thiazole rings is 1. The standard InChI is InChI=1S/C22H23FN4O2S/c1-14-12-18(15(2)27(14)22-24-6-11-30-22)21(29)26-9-7-25(8-10-26)20-5-4-17(16(3)28)13-19(20)23/h4-6,11-13H,7-10H2,1-3H3. The number of ketones is 1. The monoisotopic (exact) mass is 426 g/mol. The molecule has 1 saturated heterocycles. The lowest BCUT2D eigenvalue weighted by Gasteiger charge is -2.36. The first-order valence-corrected chi connectivity index (χ1v) is 10.7. The zero-order chi connectivity index (χ0) is 21.4. The van der Waals surface area contributed by atoms with Crippen molar-refractivity contribution in [2.24, 2.45) is 0 Å². The van der Waals surface area contributed by atoms with Crippen LogP contribution in [0.1, 0.15) is 39.0 Å². The van der Waals surface area contributed by atoms with E-state index < -0.39 is 5.82 Å². The fourth-order valence-corrected chi connectivity index (χ4v) is 4.65. The van der Waals surface area contributed by atoms with Crippen molar-refractivity contribution < 1.29 is 14.0 Å². The Bertz CT molecular complexity index is 1100. The third-order valence-electron chi connectivity index (χ3n) is 5.53. The number of amides is 1. The van der Waals surface area contributed by atoms with E-state index in [2.05, 4.69) is 4.98 Å². The number of aromatic nitrogens is 2. The van der Waals surface area contributed by atoms with E-state index in [0.29, 0.717) is 43.0 Å². The normalized spacial score (nSPS) is 14.3. The molecule has 0 bridgehead atoms. The summed E-state index contributed by atoms with van der Waals surface area (Å²) in [6, 6.07) is 6.48. The number of hydrogen-bond donors (Lipinski definition) is 0. The maximum absolute atomic E-state index is 14.5. The number of piperazine rings is 1. The van der Waals surface area contributed by atoms with Gasteiger partial charge in [0, 0.05) is 54.7 Å². The van der Waals surface area contributed by atoms with Gasteiger partial charge in [-0.2, -0.15) is 0 Å². The Morgan fingerprint density at radius 2 is 1.83 bits per heavy atom. The van der Waals surface area contributed by atoms with Crippen molar-refractivity contribution in [2.75, 3.05) is 31.1 Å². The molecule has 3 aromatic rings.